The summed E-state index contributed by atoms with van der Waals surface area (Å²) in [4.78, 5) is 0. The number of anilines is 1. The molecule has 0 aliphatic rings. The summed E-state index contributed by atoms with van der Waals surface area (Å²) in [6.45, 7) is 0. The lowest BCUT2D eigenvalue weighted by Gasteiger charge is -1.98. The number of nitrogen functional groups attached to an aromatic ring is 1. The minimum absolute atomic E-state index is 0.873. The first kappa shape index (κ1) is 9.92. The third kappa shape index (κ3) is 1.21. The smallest absolute Gasteiger partial charge is 0.0585 e. The van der Waals surface area contributed by atoms with Gasteiger partial charge in [-0.05, 0) is 16.8 Å². The summed E-state index contributed by atoms with van der Waals surface area (Å²) in [6, 6.07) is 19.1. The first-order valence-corrected chi connectivity index (χ1v) is 6.75. The Balaban J connectivity index is 2.33. The molecule has 0 fully saturated rings. The van der Waals surface area contributed by atoms with E-state index < -0.39 is 0 Å². The summed E-state index contributed by atoms with van der Waals surface area (Å²) < 4.78 is 2.53. The van der Waals surface area contributed by atoms with Crippen molar-refractivity contribution < 1.29 is 0 Å². The van der Waals surface area contributed by atoms with Crippen molar-refractivity contribution in [2.75, 3.05) is 5.73 Å². The standard InChI is InChI=1S/C16H11NS/c17-14-7-3-6-12-13-9-8-10-4-1-2-5-11(10)15(13)18-16(12)14/h1-9H,17H2. The second-order valence-corrected chi connectivity index (χ2v) is 5.51. The first-order valence-electron chi connectivity index (χ1n) is 5.93. The zero-order valence-corrected chi connectivity index (χ0v) is 10.5. The van der Waals surface area contributed by atoms with E-state index in [0.29, 0.717) is 0 Å². The zero-order valence-electron chi connectivity index (χ0n) is 9.68. The molecule has 3 aromatic carbocycles. The molecule has 4 rings (SSSR count). The molecule has 0 aliphatic carbocycles. The number of fused-ring (bicyclic) bond motifs is 5. The highest BCUT2D eigenvalue weighted by atomic mass is 32.1. The molecular formula is C16H11NS. The van der Waals surface area contributed by atoms with Gasteiger partial charge in [-0.3, -0.25) is 0 Å². The normalized spacial score (nSPS) is 11.6. The molecule has 1 heterocycles. The molecule has 0 radical (unpaired) electrons. The van der Waals surface area contributed by atoms with Crippen molar-refractivity contribution in [2.45, 2.75) is 0 Å². The lowest BCUT2D eigenvalue weighted by atomic mass is 10.1. The average Bonchev–Trinajstić information content (AvgIpc) is 2.79. The van der Waals surface area contributed by atoms with Crippen LogP contribution in [0.5, 0.6) is 0 Å². The Hall–Kier alpha value is -2.06. The van der Waals surface area contributed by atoms with Gasteiger partial charge in [0.05, 0.1) is 4.70 Å². The Morgan fingerprint density at radius 3 is 2.39 bits per heavy atom. The van der Waals surface area contributed by atoms with Crippen LogP contribution in [-0.4, -0.2) is 0 Å². The first-order chi connectivity index (χ1) is 8.84. The molecule has 0 aliphatic heterocycles. The maximum atomic E-state index is 6.07. The predicted octanol–water partition coefficient (Wildman–Crippen LogP) is 4.79. The maximum Gasteiger partial charge on any atom is 0.0585 e. The fraction of sp³-hybridized carbons (Fsp3) is 0. The van der Waals surface area contributed by atoms with E-state index >= 15 is 0 Å². The van der Waals surface area contributed by atoms with Crippen LogP contribution in [-0.2, 0) is 0 Å². The molecule has 0 saturated carbocycles. The third-order valence-corrected chi connectivity index (χ3v) is 4.72. The van der Waals surface area contributed by atoms with E-state index in [1.54, 1.807) is 11.3 Å². The van der Waals surface area contributed by atoms with E-state index in [0.717, 1.165) is 5.69 Å². The molecule has 18 heavy (non-hydrogen) atoms. The summed E-state index contributed by atoms with van der Waals surface area (Å²) in [5.41, 5.74) is 6.95. The van der Waals surface area contributed by atoms with Gasteiger partial charge in [-0.15, -0.1) is 11.3 Å². The Morgan fingerprint density at radius 1 is 0.667 bits per heavy atom. The van der Waals surface area contributed by atoms with Crippen molar-refractivity contribution in [3.8, 4) is 0 Å². The Bertz CT molecular complexity index is 889. The fourth-order valence-corrected chi connectivity index (χ4v) is 3.81. The van der Waals surface area contributed by atoms with E-state index in [1.807, 2.05) is 12.1 Å². The van der Waals surface area contributed by atoms with Gasteiger partial charge in [-0.1, -0.05) is 48.5 Å². The SMILES string of the molecule is Nc1cccc2c1sc1c3ccccc3ccc21. The summed E-state index contributed by atoms with van der Waals surface area (Å²) in [7, 11) is 0. The summed E-state index contributed by atoms with van der Waals surface area (Å²) in [5, 5.41) is 5.17. The van der Waals surface area contributed by atoms with Crippen LogP contribution < -0.4 is 5.73 Å². The summed E-state index contributed by atoms with van der Waals surface area (Å²) >= 11 is 1.79. The van der Waals surface area contributed by atoms with Gasteiger partial charge in [-0.25, -0.2) is 0 Å². The van der Waals surface area contributed by atoms with Gasteiger partial charge in [0.2, 0.25) is 0 Å². The van der Waals surface area contributed by atoms with Crippen LogP contribution in [0.25, 0.3) is 30.9 Å². The molecule has 0 unspecified atom stereocenters. The fourth-order valence-electron chi connectivity index (χ4n) is 2.55. The highest BCUT2D eigenvalue weighted by Crippen LogP contribution is 2.40. The molecule has 0 bridgehead atoms. The molecule has 4 aromatic rings. The molecular weight excluding hydrogens is 238 g/mol. The highest BCUT2D eigenvalue weighted by Gasteiger charge is 2.09. The van der Waals surface area contributed by atoms with Crippen molar-refractivity contribution in [3.05, 3.63) is 54.6 Å². The van der Waals surface area contributed by atoms with Crippen LogP contribution in [0.15, 0.2) is 54.6 Å². The number of benzene rings is 3. The number of hydrogen-bond donors (Lipinski definition) is 1. The average molecular weight is 249 g/mol. The van der Waals surface area contributed by atoms with Crippen LogP contribution in [0, 0.1) is 0 Å². The molecule has 1 nitrogen and oxygen atoms in total. The van der Waals surface area contributed by atoms with Crippen LogP contribution in [0.4, 0.5) is 5.69 Å². The van der Waals surface area contributed by atoms with Crippen LogP contribution in [0.3, 0.4) is 0 Å². The van der Waals surface area contributed by atoms with Gasteiger partial charge < -0.3 is 5.73 Å². The van der Waals surface area contributed by atoms with Crippen molar-refractivity contribution in [1.29, 1.82) is 0 Å². The highest BCUT2D eigenvalue weighted by molar-refractivity contribution is 7.27. The largest absolute Gasteiger partial charge is 0.398 e. The summed E-state index contributed by atoms with van der Waals surface area (Å²) in [6.07, 6.45) is 0. The molecule has 0 saturated heterocycles. The molecule has 86 valence electrons. The molecule has 0 spiro atoms. The van der Waals surface area contributed by atoms with Crippen molar-refractivity contribution in [3.63, 3.8) is 0 Å². The lowest BCUT2D eigenvalue weighted by molar-refractivity contribution is 1.80. The van der Waals surface area contributed by atoms with Crippen molar-refractivity contribution in [1.82, 2.24) is 0 Å². The second-order valence-electron chi connectivity index (χ2n) is 4.49. The zero-order chi connectivity index (χ0) is 12.1. The quantitative estimate of drug-likeness (QED) is 0.445. The Morgan fingerprint density at radius 2 is 1.44 bits per heavy atom. The molecule has 0 atom stereocenters. The lowest BCUT2D eigenvalue weighted by Crippen LogP contribution is -1.81. The minimum Gasteiger partial charge on any atom is -0.398 e. The monoisotopic (exact) mass is 249 g/mol. The van der Waals surface area contributed by atoms with E-state index in [-0.39, 0.29) is 0 Å². The predicted molar refractivity (Wildman–Crippen MR) is 81.2 cm³/mol. The van der Waals surface area contributed by atoms with Gasteiger partial charge in [0.1, 0.15) is 0 Å². The van der Waals surface area contributed by atoms with E-state index in [1.165, 1.54) is 30.9 Å². The topological polar surface area (TPSA) is 26.0 Å². The molecule has 2 N–H and O–H groups in total. The van der Waals surface area contributed by atoms with E-state index in [9.17, 15) is 0 Å². The van der Waals surface area contributed by atoms with Gasteiger partial charge in [-0.2, -0.15) is 0 Å². The molecule has 2 heteroatoms. The van der Waals surface area contributed by atoms with Gasteiger partial charge in [0.25, 0.3) is 0 Å². The van der Waals surface area contributed by atoms with Crippen molar-refractivity contribution >= 4 is 48.0 Å². The van der Waals surface area contributed by atoms with Gasteiger partial charge in [0, 0.05) is 21.2 Å². The van der Waals surface area contributed by atoms with Crippen LogP contribution in [0.2, 0.25) is 0 Å². The van der Waals surface area contributed by atoms with E-state index in [4.69, 9.17) is 5.73 Å². The number of thiophene rings is 1. The van der Waals surface area contributed by atoms with Gasteiger partial charge >= 0.3 is 0 Å². The molecule has 1 aromatic heterocycles. The Kier molecular flexibility index (Phi) is 1.91. The molecule has 0 amide bonds. The maximum absolute atomic E-state index is 6.07. The summed E-state index contributed by atoms with van der Waals surface area (Å²) in [5.74, 6) is 0. The minimum atomic E-state index is 0.873. The number of hydrogen-bond acceptors (Lipinski definition) is 2. The third-order valence-electron chi connectivity index (χ3n) is 3.42. The number of nitrogens with two attached hydrogens (primary N) is 1. The van der Waals surface area contributed by atoms with Crippen LogP contribution >= 0.6 is 11.3 Å². The van der Waals surface area contributed by atoms with Crippen molar-refractivity contribution in [2.24, 2.45) is 0 Å². The Labute approximate surface area is 108 Å². The second kappa shape index (κ2) is 3.47. The van der Waals surface area contributed by atoms with Crippen LogP contribution in [0.1, 0.15) is 0 Å². The van der Waals surface area contributed by atoms with Gasteiger partial charge in [0.15, 0.2) is 0 Å². The van der Waals surface area contributed by atoms with E-state index in [2.05, 4.69) is 42.5 Å². The number of rotatable bonds is 0.